The lowest BCUT2D eigenvalue weighted by molar-refractivity contribution is -0.113. The van der Waals surface area contributed by atoms with E-state index in [0.29, 0.717) is 21.1 Å². The highest BCUT2D eigenvalue weighted by molar-refractivity contribution is 7.99. The number of amides is 1. The van der Waals surface area contributed by atoms with Crippen molar-refractivity contribution in [3.63, 3.8) is 0 Å². The molecule has 6 nitrogen and oxygen atoms in total. The molecule has 0 radical (unpaired) electrons. The van der Waals surface area contributed by atoms with Crippen LogP contribution in [0.2, 0.25) is 0 Å². The molecule has 0 saturated heterocycles. The minimum atomic E-state index is -0.381. The average molecular weight is 379 g/mol. The normalized spacial score (nSPS) is 11.0. The second-order valence-corrected chi connectivity index (χ2v) is 6.91. The Hall–Kier alpha value is -2.23. The molecule has 0 aliphatic rings. The SMILES string of the molecule is O=C(CSc1nc2ccsc2c(=O)n1CCO)Nc1ccc(F)cc1. The van der Waals surface area contributed by atoms with E-state index < -0.39 is 0 Å². The van der Waals surface area contributed by atoms with Crippen molar-refractivity contribution in [3.05, 3.63) is 51.9 Å². The minimum Gasteiger partial charge on any atom is -0.395 e. The van der Waals surface area contributed by atoms with Gasteiger partial charge in [0.15, 0.2) is 5.16 Å². The molecule has 1 aromatic carbocycles. The van der Waals surface area contributed by atoms with Gasteiger partial charge in [0.05, 0.1) is 24.4 Å². The third-order valence-electron chi connectivity index (χ3n) is 3.31. The van der Waals surface area contributed by atoms with E-state index in [0.717, 1.165) is 11.8 Å². The van der Waals surface area contributed by atoms with Gasteiger partial charge in [-0.2, -0.15) is 0 Å². The predicted octanol–water partition coefficient (Wildman–Crippen LogP) is 2.32. The lowest BCUT2D eigenvalue weighted by Gasteiger charge is -2.10. The van der Waals surface area contributed by atoms with Crippen molar-refractivity contribution in [2.45, 2.75) is 11.7 Å². The fourth-order valence-electron chi connectivity index (χ4n) is 2.19. The Balaban J connectivity index is 1.75. The molecular weight excluding hydrogens is 365 g/mol. The number of fused-ring (bicyclic) bond motifs is 1. The fraction of sp³-hybridized carbons (Fsp3) is 0.188. The third kappa shape index (κ3) is 4.06. The maximum Gasteiger partial charge on any atom is 0.272 e. The second kappa shape index (κ2) is 7.77. The molecule has 1 amide bonds. The number of benzene rings is 1. The average Bonchev–Trinajstić information content (AvgIpc) is 3.07. The molecule has 2 heterocycles. The van der Waals surface area contributed by atoms with Gasteiger partial charge in [0.2, 0.25) is 5.91 Å². The van der Waals surface area contributed by atoms with Gasteiger partial charge >= 0.3 is 0 Å². The van der Waals surface area contributed by atoms with Crippen molar-refractivity contribution in [3.8, 4) is 0 Å². The van der Waals surface area contributed by atoms with E-state index >= 15 is 0 Å². The highest BCUT2D eigenvalue weighted by Gasteiger charge is 2.14. The van der Waals surface area contributed by atoms with Crippen LogP contribution in [0.1, 0.15) is 0 Å². The molecule has 0 unspecified atom stereocenters. The lowest BCUT2D eigenvalue weighted by atomic mass is 10.3. The Morgan fingerprint density at radius 1 is 1.32 bits per heavy atom. The molecule has 0 aliphatic heterocycles. The molecule has 0 fully saturated rings. The second-order valence-electron chi connectivity index (χ2n) is 5.05. The first-order chi connectivity index (χ1) is 12.1. The number of aliphatic hydroxyl groups is 1. The summed E-state index contributed by atoms with van der Waals surface area (Å²) in [4.78, 5) is 28.9. The molecular formula is C16H14FN3O3S2. The monoisotopic (exact) mass is 379 g/mol. The molecule has 3 rings (SSSR count). The van der Waals surface area contributed by atoms with Crippen LogP contribution in [0.15, 0.2) is 45.7 Å². The van der Waals surface area contributed by atoms with E-state index in [9.17, 15) is 19.1 Å². The molecule has 0 bridgehead atoms. The smallest absolute Gasteiger partial charge is 0.272 e. The lowest BCUT2D eigenvalue weighted by Crippen LogP contribution is -2.25. The number of aromatic nitrogens is 2. The summed E-state index contributed by atoms with van der Waals surface area (Å²) >= 11 is 2.40. The summed E-state index contributed by atoms with van der Waals surface area (Å²) < 4.78 is 14.8. The first-order valence-corrected chi connectivity index (χ1v) is 9.22. The van der Waals surface area contributed by atoms with E-state index in [1.165, 1.54) is 40.2 Å². The van der Waals surface area contributed by atoms with Gasteiger partial charge in [-0.3, -0.25) is 14.2 Å². The molecule has 0 spiro atoms. The highest BCUT2D eigenvalue weighted by atomic mass is 32.2. The van der Waals surface area contributed by atoms with E-state index in [4.69, 9.17) is 0 Å². The van der Waals surface area contributed by atoms with Gasteiger partial charge in [0.1, 0.15) is 10.5 Å². The van der Waals surface area contributed by atoms with Crippen LogP contribution in [0.25, 0.3) is 10.2 Å². The number of anilines is 1. The molecule has 9 heteroatoms. The fourth-order valence-corrected chi connectivity index (χ4v) is 3.79. The summed E-state index contributed by atoms with van der Waals surface area (Å²) in [6, 6.07) is 7.19. The Kier molecular flexibility index (Phi) is 5.47. The van der Waals surface area contributed by atoms with Crippen LogP contribution in [0.5, 0.6) is 0 Å². The van der Waals surface area contributed by atoms with Gasteiger partial charge in [-0.1, -0.05) is 11.8 Å². The van der Waals surface area contributed by atoms with Crippen LogP contribution in [0, 0.1) is 5.82 Å². The summed E-state index contributed by atoms with van der Waals surface area (Å²) in [7, 11) is 0. The number of nitrogens with zero attached hydrogens (tertiary/aromatic N) is 2. The molecule has 130 valence electrons. The number of hydrogen-bond donors (Lipinski definition) is 2. The van der Waals surface area contributed by atoms with Crippen molar-refractivity contribution in [2.75, 3.05) is 17.7 Å². The van der Waals surface area contributed by atoms with Crippen LogP contribution in [-0.2, 0) is 11.3 Å². The highest BCUT2D eigenvalue weighted by Crippen LogP contribution is 2.21. The van der Waals surface area contributed by atoms with E-state index in [-0.39, 0.29) is 36.2 Å². The molecule has 3 aromatic rings. The predicted molar refractivity (Wildman–Crippen MR) is 96.7 cm³/mol. The van der Waals surface area contributed by atoms with E-state index in [1.807, 2.05) is 0 Å². The topological polar surface area (TPSA) is 84.2 Å². The molecule has 2 N–H and O–H groups in total. The summed E-state index contributed by atoms with van der Waals surface area (Å²) in [6.07, 6.45) is 0. The standard InChI is InChI=1S/C16H14FN3O3S2/c17-10-1-3-11(4-2-10)18-13(22)9-25-16-19-12-5-8-24-14(12)15(23)20(16)6-7-21/h1-5,8,21H,6-7,9H2,(H,18,22). The summed E-state index contributed by atoms with van der Waals surface area (Å²) in [5.74, 6) is -0.647. The van der Waals surface area contributed by atoms with Crippen LogP contribution in [0.4, 0.5) is 10.1 Å². The van der Waals surface area contributed by atoms with Crippen molar-refractivity contribution >= 4 is 44.9 Å². The van der Waals surface area contributed by atoms with Gasteiger partial charge in [-0.15, -0.1) is 11.3 Å². The number of carbonyl (C=O) groups is 1. The zero-order valence-electron chi connectivity index (χ0n) is 12.9. The summed E-state index contributed by atoms with van der Waals surface area (Å²) in [6.45, 7) is -0.0879. The number of carbonyl (C=O) groups excluding carboxylic acids is 1. The number of rotatable bonds is 6. The van der Waals surface area contributed by atoms with Gasteiger partial charge in [0.25, 0.3) is 5.56 Å². The first kappa shape index (κ1) is 17.6. The van der Waals surface area contributed by atoms with Crippen LogP contribution < -0.4 is 10.9 Å². The van der Waals surface area contributed by atoms with E-state index in [2.05, 4.69) is 10.3 Å². The first-order valence-electron chi connectivity index (χ1n) is 7.35. The molecule has 25 heavy (non-hydrogen) atoms. The van der Waals surface area contributed by atoms with Crippen molar-refractivity contribution in [1.29, 1.82) is 0 Å². The van der Waals surface area contributed by atoms with Crippen LogP contribution >= 0.6 is 23.1 Å². The minimum absolute atomic E-state index is 0.0326. The largest absolute Gasteiger partial charge is 0.395 e. The Labute approximate surface area is 150 Å². The Morgan fingerprint density at radius 2 is 2.08 bits per heavy atom. The van der Waals surface area contributed by atoms with E-state index in [1.54, 1.807) is 11.4 Å². The number of halogens is 1. The van der Waals surface area contributed by atoms with Crippen molar-refractivity contribution < 1.29 is 14.3 Å². The zero-order chi connectivity index (χ0) is 17.8. The van der Waals surface area contributed by atoms with Gasteiger partial charge in [-0.25, -0.2) is 9.37 Å². The number of thiophene rings is 1. The molecule has 2 aromatic heterocycles. The maximum atomic E-state index is 12.9. The van der Waals surface area contributed by atoms with Crippen LogP contribution in [0.3, 0.4) is 0 Å². The molecule has 0 aliphatic carbocycles. The van der Waals surface area contributed by atoms with Crippen LogP contribution in [-0.4, -0.2) is 32.9 Å². The number of thioether (sulfide) groups is 1. The van der Waals surface area contributed by atoms with Crippen molar-refractivity contribution in [1.82, 2.24) is 9.55 Å². The Bertz CT molecular complexity index is 953. The third-order valence-corrected chi connectivity index (χ3v) is 5.18. The van der Waals surface area contributed by atoms with Gasteiger partial charge < -0.3 is 10.4 Å². The van der Waals surface area contributed by atoms with Crippen molar-refractivity contribution in [2.24, 2.45) is 0 Å². The number of aliphatic hydroxyl groups excluding tert-OH is 1. The molecule has 0 saturated carbocycles. The van der Waals surface area contributed by atoms with Gasteiger partial charge in [0, 0.05) is 5.69 Å². The summed E-state index contributed by atoms with van der Waals surface area (Å²) in [5.41, 5.74) is 0.835. The molecule has 0 atom stereocenters. The summed E-state index contributed by atoms with van der Waals surface area (Å²) in [5, 5.41) is 14.0. The maximum absolute atomic E-state index is 12.9. The number of nitrogens with one attached hydrogen (secondary N) is 1. The number of hydrogen-bond acceptors (Lipinski definition) is 6. The Morgan fingerprint density at radius 3 is 2.80 bits per heavy atom. The quantitative estimate of drug-likeness (QED) is 0.507. The zero-order valence-corrected chi connectivity index (χ0v) is 14.6. The van der Waals surface area contributed by atoms with Gasteiger partial charge in [-0.05, 0) is 35.7 Å².